The highest BCUT2D eigenvalue weighted by Gasteiger charge is 2.26. The molecule has 1 aliphatic rings. The molecule has 1 aliphatic carbocycles. The molecule has 0 radical (unpaired) electrons. The molecule has 0 spiro atoms. The number of nitrogens with one attached hydrogen (secondary N) is 3. The normalized spacial score (nSPS) is 19.8. The molecule has 152 valence electrons. The molecule has 1 aromatic heterocycles. The molecule has 2 aromatic carbocycles. The molecular weight excluding hydrogens is 368 g/mol. The van der Waals surface area contributed by atoms with Gasteiger partial charge in [0, 0.05) is 6.04 Å². The number of carbonyl (C=O) groups is 1. The predicted molar refractivity (Wildman–Crippen MR) is 111 cm³/mol. The largest absolute Gasteiger partial charge is 0.497 e. The second-order valence-electron chi connectivity index (χ2n) is 7.53. The predicted octanol–water partition coefficient (Wildman–Crippen LogP) is 3.07. The number of urea groups is 1. The quantitative estimate of drug-likeness (QED) is 0.516. The first-order valence-corrected chi connectivity index (χ1v) is 9.93. The van der Waals surface area contributed by atoms with E-state index in [-0.39, 0.29) is 24.2 Å². The van der Waals surface area contributed by atoms with Crippen LogP contribution in [0.5, 0.6) is 5.75 Å². The van der Waals surface area contributed by atoms with Crippen molar-refractivity contribution in [3.8, 4) is 5.75 Å². The number of benzene rings is 2. The summed E-state index contributed by atoms with van der Waals surface area (Å²) in [6.45, 7) is 0. The SMILES string of the molecule is COc1ccc(C[C@@H](NC(=O)N[C@H]2CC[C@H](O)C2)c2nc3ccccc3[nH]2)cc1. The van der Waals surface area contributed by atoms with Gasteiger partial charge in [-0.15, -0.1) is 0 Å². The van der Waals surface area contributed by atoms with Gasteiger partial charge in [0.2, 0.25) is 0 Å². The summed E-state index contributed by atoms with van der Waals surface area (Å²) in [5.41, 5.74) is 2.86. The van der Waals surface area contributed by atoms with E-state index in [2.05, 4.69) is 20.6 Å². The molecule has 7 nitrogen and oxygen atoms in total. The molecule has 0 bridgehead atoms. The maximum Gasteiger partial charge on any atom is 0.315 e. The molecule has 0 aliphatic heterocycles. The van der Waals surface area contributed by atoms with Crippen molar-refractivity contribution in [1.29, 1.82) is 0 Å². The number of H-pyrrole nitrogens is 1. The molecule has 4 N–H and O–H groups in total. The Balaban J connectivity index is 1.53. The molecule has 0 saturated heterocycles. The number of nitrogens with zero attached hydrogens (tertiary/aromatic N) is 1. The number of carbonyl (C=O) groups excluding carboxylic acids is 1. The van der Waals surface area contributed by atoms with E-state index >= 15 is 0 Å². The van der Waals surface area contributed by atoms with E-state index in [1.807, 2.05) is 48.5 Å². The van der Waals surface area contributed by atoms with Gasteiger partial charge in [-0.05, 0) is 55.5 Å². The number of methoxy groups -OCH3 is 1. The summed E-state index contributed by atoms with van der Waals surface area (Å²) in [5, 5.41) is 15.7. The summed E-state index contributed by atoms with van der Waals surface area (Å²) >= 11 is 0. The first-order valence-electron chi connectivity index (χ1n) is 9.93. The minimum atomic E-state index is -0.328. The Bertz CT molecular complexity index is 937. The minimum absolute atomic E-state index is 0.00214. The number of hydrogen-bond acceptors (Lipinski definition) is 4. The Kier molecular flexibility index (Phi) is 5.67. The topological polar surface area (TPSA) is 99.3 Å². The van der Waals surface area contributed by atoms with Crippen molar-refractivity contribution in [3.63, 3.8) is 0 Å². The second-order valence-corrected chi connectivity index (χ2v) is 7.53. The summed E-state index contributed by atoms with van der Waals surface area (Å²) in [4.78, 5) is 20.6. The number of aliphatic hydroxyl groups excluding tert-OH is 1. The Morgan fingerprint density at radius 2 is 2.03 bits per heavy atom. The van der Waals surface area contributed by atoms with Crippen molar-refractivity contribution in [2.24, 2.45) is 0 Å². The lowest BCUT2D eigenvalue weighted by atomic mass is 10.1. The Labute approximate surface area is 169 Å². The van der Waals surface area contributed by atoms with Gasteiger partial charge in [0.05, 0.1) is 30.3 Å². The molecule has 2 amide bonds. The molecule has 1 heterocycles. The van der Waals surface area contributed by atoms with Crippen molar-refractivity contribution in [2.75, 3.05) is 7.11 Å². The van der Waals surface area contributed by atoms with Gasteiger partial charge in [-0.3, -0.25) is 0 Å². The van der Waals surface area contributed by atoms with Gasteiger partial charge in [-0.2, -0.15) is 0 Å². The summed E-state index contributed by atoms with van der Waals surface area (Å²) in [7, 11) is 1.64. The van der Waals surface area contributed by atoms with Gasteiger partial charge >= 0.3 is 6.03 Å². The zero-order valence-electron chi connectivity index (χ0n) is 16.4. The van der Waals surface area contributed by atoms with E-state index in [1.54, 1.807) is 7.11 Å². The average molecular weight is 394 g/mol. The molecule has 1 fully saturated rings. The van der Waals surface area contributed by atoms with Crippen LogP contribution in [0.2, 0.25) is 0 Å². The van der Waals surface area contributed by atoms with E-state index in [1.165, 1.54) is 0 Å². The summed E-state index contributed by atoms with van der Waals surface area (Å²) < 4.78 is 5.23. The standard InChI is InChI=1S/C22H26N4O3/c1-29-17-10-6-14(7-11-17)12-20(21-24-18-4-2-3-5-19(18)25-21)26-22(28)23-15-8-9-16(27)13-15/h2-7,10-11,15-16,20,27H,8-9,12-13H2,1H3,(H,24,25)(H2,23,26,28)/t15-,16-,20+/m0/s1. The van der Waals surface area contributed by atoms with E-state index in [9.17, 15) is 9.90 Å². The third kappa shape index (κ3) is 4.68. The molecular formula is C22H26N4O3. The number of rotatable bonds is 6. The van der Waals surface area contributed by atoms with Crippen LogP contribution in [-0.4, -0.2) is 40.4 Å². The third-order valence-corrected chi connectivity index (χ3v) is 5.38. The summed E-state index contributed by atoms with van der Waals surface area (Å²) in [6.07, 6.45) is 2.38. The van der Waals surface area contributed by atoms with Gasteiger partial charge in [0.1, 0.15) is 11.6 Å². The van der Waals surface area contributed by atoms with E-state index in [0.717, 1.165) is 35.2 Å². The van der Waals surface area contributed by atoms with Crippen LogP contribution in [0, 0.1) is 0 Å². The van der Waals surface area contributed by atoms with E-state index < -0.39 is 0 Å². The lowest BCUT2D eigenvalue weighted by molar-refractivity contribution is 0.179. The number of fused-ring (bicyclic) bond motifs is 1. The number of aliphatic hydroxyl groups is 1. The molecule has 1 saturated carbocycles. The van der Waals surface area contributed by atoms with Gasteiger partial charge in [-0.1, -0.05) is 24.3 Å². The lowest BCUT2D eigenvalue weighted by Gasteiger charge is -2.20. The monoisotopic (exact) mass is 394 g/mol. The van der Waals surface area contributed by atoms with Crippen molar-refractivity contribution in [3.05, 3.63) is 59.9 Å². The number of aromatic nitrogens is 2. The van der Waals surface area contributed by atoms with Crippen molar-refractivity contribution in [1.82, 2.24) is 20.6 Å². The fourth-order valence-corrected chi connectivity index (χ4v) is 3.83. The number of aromatic amines is 1. The van der Waals surface area contributed by atoms with Crippen LogP contribution in [0.3, 0.4) is 0 Å². The van der Waals surface area contributed by atoms with Crippen molar-refractivity contribution >= 4 is 17.1 Å². The Morgan fingerprint density at radius 3 is 2.72 bits per heavy atom. The van der Waals surface area contributed by atoms with Crippen LogP contribution in [0.25, 0.3) is 11.0 Å². The molecule has 0 unspecified atom stereocenters. The van der Waals surface area contributed by atoms with E-state index in [0.29, 0.717) is 18.7 Å². The van der Waals surface area contributed by atoms with Gasteiger partial charge < -0.3 is 25.5 Å². The summed E-state index contributed by atoms with van der Waals surface area (Å²) in [6, 6.07) is 15.0. The smallest absolute Gasteiger partial charge is 0.315 e. The molecule has 4 rings (SSSR count). The fourth-order valence-electron chi connectivity index (χ4n) is 3.83. The van der Waals surface area contributed by atoms with E-state index in [4.69, 9.17) is 4.74 Å². The maximum absolute atomic E-state index is 12.6. The molecule has 29 heavy (non-hydrogen) atoms. The highest BCUT2D eigenvalue weighted by atomic mass is 16.5. The zero-order valence-corrected chi connectivity index (χ0v) is 16.4. The maximum atomic E-state index is 12.6. The average Bonchev–Trinajstić information content (AvgIpc) is 3.34. The first-order chi connectivity index (χ1) is 14.1. The van der Waals surface area contributed by atoms with Gasteiger partial charge in [-0.25, -0.2) is 9.78 Å². The number of hydrogen-bond donors (Lipinski definition) is 4. The van der Waals surface area contributed by atoms with Crippen LogP contribution in [0.15, 0.2) is 48.5 Å². The highest BCUT2D eigenvalue weighted by molar-refractivity contribution is 5.76. The Morgan fingerprint density at radius 1 is 1.24 bits per heavy atom. The number of ether oxygens (including phenoxy) is 1. The van der Waals surface area contributed by atoms with Crippen LogP contribution in [-0.2, 0) is 6.42 Å². The third-order valence-electron chi connectivity index (χ3n) is 5.38. The van der Waals surface area contributed by atoms with Crippen LogP contribution >= 0.6 is 0 Å². The molecule has 7 heteroatoms. The number of para-hydroxylation sites is 2. The van der Waals surface area contributed by atoms with Crippen molar-refractivity contribution in [2.45, 2.75) is 43.9 Å². The summed E-state index contributed by atoms with van der Waals surface area (Å²) in [5.74, 6) is 1.50. The molecule has 3 aromatic rings. The van der Waals surface area contributed by atoms with Gasteiger partial charge in [0.15, 0.2) is 0 Å². The van der Waals surface area contributed by atoms with Crippen LogP contribution in [0.1, 0.15) is 36.7 Å². The van der Waals surface area contributed by atoms with Crippen LogP contribution in [0.4, 0.5) is 4.79 Å². The van der Waals surface area contributed by atoms with Crippen LogP contribution < -0.4 is 15.4 Å². The first kappa shape index (κ1) is 19.3. The Hall–Kier alpha value is -3.06. The second kappa shape index (κ2) is 8.53. The minimum Gasteiger partial charge on any atom is -0.497 e. The lowest BCUT2D eigenvalue weighted by Crippen LogP contribution is -2.43. The number of amides is 2. The highest BCUT2D eigenvalue weighted by Crippen LogP contribution is 2.22. The number of imidazole rings is 1. The fraction of sp³-hybridized carbons (Fsp3) is 0.364. The zero-order chi connectivity index (χ0) is 20.2. The molecule has 3 atom stereocenters. The van der Waals surface area contributed by atoms with Crippen molar-refractivity contribution < 1.29 is 14.6 Å². The van der Waals surface area contributed by atoms with Gasteiger partial charge in [0.25, 0.3) is 0 Å².